The maximum Gasteiger partial charge on any atom is 0.182 e. The molecule has 1 atom stereocenters. The normalized spacial score (nSPS) is 13.6. The van der Waals surface area contributed by atoms with E-state index in [4.69, 9.17) is 0 Å². The van der Waals surface area contributed by atoms with Crippen LogP contribution in [0.5, 0.6) is 0 Å². The highest BCUT2D eigenvalue weighted by Gasteiger charge is 2.14. The Kier molecular flexibility index (Phi) is 2.64. The lowest BCUT2D eigenvalue weighted by atomic mass is 10.0. The third-order valence-electron chi connectivity index (χ3n) is 2.46. The Labute approximate surface area is 87.8 Å². The van der Waals surface area contributed by atoms with Gasteiger partial charge in [0, 0.05) is 18.8 Å². The van der Waals surface area contributed by atoms with E-state index < -0.39 is 0 Å². The average Bonchev–Trinajstić information content (AvgIpc) is 2.66. The molecule has 0 aromatic carbocycles. The number of aliphatic hydroxyl groups is 1. The van der Waals surface area contributed by atoms with Crippen molar-refractivity contribution in [3.05, 3.63) is 24.4 Å². The molecule has 0 saturated carbocycles. The van der Waals surface area contributed by atoms with E-state index in [9.17, 15) is 5.11 Å². The van der Waals surface area contributed by atoms with Crippen LogP contribution in [0.25, 0.3) is 5.65 Å². The van der Waals surface area contributed by atoms with Crippen molar-refractivity contribution in [3.63, 3.8) is 0 Å². The summed E-state index contributed by atoms with van der Waals surface area (Å²) in [6, 6.07) is 0. The summed E-state index contributed by atoms with van der Waals surface area (Å²) < 4.78 is 1.80. The molecule has 0 aliphatic rings. The molecule has 0 aliphatic heterocycles. The van der Waals surface area contributed by atoms with E-state index in [1.54, 1.807) is 23.1 Å². The monoisotopic (exact) mass is 206 g/mol. The lowest BCUT2D eigenvalue weighted by Crippen LogP contribution is -2.18. The molecule has 0 fully saturated rings. The minimum atomic E-state index is -0.389. The molecular formula is C10H14N4O. The van der Waals surface area contributed by atoms with Gasteiger partial charge in [-0.2, -0.15) is 0 Å². The third-order valence-corrected chi connectivity index (χ3v) is 2.46. The van der Waals surface area contributed by atoms with Gasteiger partial charge in [-0.1, -0.05) is 13.8 Å². The Balaban J connectivity index is 2.31. The van der Waals surface area contributed by atoms with Gasteiger partial charge in [0.15, 0.2) is 5.65 Å². The third kappa shape index (κ3) is 1.97. The van der Waals surface area contributed by atoms with Crippen LogP contribution in [0, 0.1) is 5.92 Å². The van der Waals surface area contributed by atoms with Crippen LogP contribution in [0.2, 0.25) is 0 Å². The number of rotatable bonds is 3. The van der Waals surface area contributed by atoms with Gasteiger partial charge in [0.1, 0.15) is 6.33 Å². The quantitative estimate of drug-likeness (QED) is 0.802. The Morgan fingerprint density at radius 3 is 3.00 bits per heavy atom. The van der Waals surface area contributed by atoms with Crippen molar-refractivity contribution in [3.8, 4) is 0 Å². The summed E-state index contributed by atoms with van der Waals surface area (Å²) in [5, 5.41) is 17.6. The van der Waals surface area contributed by atoms with Crippen molar-refractivity contribution in [2.45, 2.75) is 26.4 Å². The molecule has 1 unspecified atom stereocenters. The zero-order valence-electron chi connectivity index (χ0n) is 8.83. The molecule has 80 valence electrons. The molecule has 0 amide bonds. The summed E-state index contributed by atoms with van der Waals surface area (Å²) in [7, 11) is 0. The summed E-state index contributed by atoms with van der Waals surface area (Å²) in [5.41, 5.74) is 1.51. The number of fused-ring (bicyclic) bond motifs is 1. The lowest BCUT2D eigenvalue weighted by molar-refractivity contribution is 0.125. The second-order valence-electron chi connectivity index (χ2n) is 3.95. The van der Waals surface area contributed by atoms with Crippen molar-refractivity contribution in [1.82, 2.24) is 19.6 Å². The number of aromatic nitrogens is 4. The minimum absolute atomic E-state index is 0.218. The van der Waals surface area contributed by atoms with Crippen molar-refractivity contribution in [1.29, 1.82) is 0 Å². The van der Waals surface area contributed by atoms with E-state index in [2.05, 4.69) is 15.2 Å². The Hall–Kier alpha value is -1.49. The molecule has 0 radical (unpaired) electrons. The fourth-order valence-electron chi connectivity index (χ4n) is 1.39. The summed E-state index contributed by atoms with van der Waals surface area (Å²) in [5.74, 6) is 0.218. The van der Waals surface area contributed by atoms with Crippen molar-refractivity contribution in [2.75, 3.05) is 0 Å². The maximum atomic E-state index is 9.78. The van der Waals surface area contributed by atoms with Crippen molar-refractivity contribution in [2.24, 2.45) is 5.92 Å². The SMILES string of the molecule is CC(C)C(O)Cc1nccn2cnnc12. The van der Waals surface area contributed by atoms with Crippen LogP contribution in [-0.4, -0.2) is 30.8 Å². The van der Waals surface area contributed by atoms with Gasteiger partial charge in [-0.15, -0.1) is 10.2 Å². The highest BCUT2D eigenvalue weighted by molar-refractivity contribution is 5.41. The molecule has 2 aromatic rings. The van der Waals surface area contributed by atoms with E-state index in [0.29, 0.717) is 6.42 Å². The summed E-state index contributed by atoms with van der Waals surface area (Å²) in [6.45, 7) is 3.96. The van der Waals surface area contributed by atoms with Gasteiger partial charge < -0.3 is 5.11 Å². The van der Waals surface area contributed by atoms with Gasteiger partial charge in [-0.3, -0.25) is 9.38 Å². The topological polar surface area (TPSA) is 63.3 Å². The molecule has 2 aromatic heterocycles. The van der Waals surface area contributed by atoms with Crippen LogP contribution in [0.15, 0.2) is 18.7 Å². The number of hydrogen-bond donors (Lipinski definition) is 1. The molecular weight excluding hydrogens is 192 g/mol. The predicted molar refractivity (Wildman–Crippen MR) is 55.3 cm³/mol. The van der Waals surface area contributed by atoms with Gasteiger partial charge in [-0.05, 0) is 5.92 Å². The maximum absolute atomic E-state index is 9.78. The molecule has 1 N–H and O–H groups in total. The fourth-order valence-corrected chi connectivity index (χ4v) is 1.39. The Morgan fingerprint density at radius 1 is 1.47 bits per heavy atom. The molecule has 5 heteroatoms. The van der Waals surface area contributed by atoms with Crippen LogP contribution in [0.4, 0.5) is 0 Å². The second kappa shape index (κ2) is 3.94. The van der Waals surface area contributed by atoms with E-state index in [1.807, 2.05) is 13.8 Å². The van der Waals surface area contributed by atoms with Gasteiger partial charge >= 0.3 is 0 Å². The van der Waals surface area contributed by atoms with Gasteiger partial charge in [0.2, 0.25) is 0 Å². The smallest absolute Gasteiger partial charge is 0.182 e. The average molecular weight is 206 g/mol. The molecule has 2 heterocycles. The highest BCUT2D eigenvalue weighted by atomic mass is 16.3. The van der Waals surface area contributed by atoms with Gasteiger partial charge in [0.05, 0.1) is 11.8 Å². The van der Waals surface area contributed by atoms with E-state index in [1.165, 1.54) is 0 Å². The van der Waals surface area contributed by atoms with Crippen LogP contribution in [-0.2, 0) is 6.42 Å². The summed E-state index contributed by atoms with van der Waals surface area (Å²) >= 11 is 0. The molecule has 0 saturated heterocycles. The Bertz CT molecular complexity index is 451. The zero-order valence-corrected chi connectivity index (χ0v) is 8.83. The largest absolute Gasteiger partial charge is 0.392 e. The van der Waals surface area contributed by atoms with Gasteiger partial charge in [-0.25, -0.2) is 0 Å². The summed E-state index contributed by atoms with van der Waals surface area (Å²) in [4.78, 5) is 4.22. The first-order chi connectivity index (χ1) is 7.18. The summed E-state index contributed by atoms with van der Waals surface area (Å²) in [6.07, 6.45) is 5.24. The standard InChI is InChI=1S/C10H14N4O/c1-7(2)9(15)5-8-10-13-12-6-14(10)4-3-11-8/h3-4,6-7,9,15H,5H2,1-2H3. The van der Waals surface area contributed by atoms with Crippen LogP contribution >= 0.6 is 0 Å². The molecule has 15 heavy (non-hydrogen) atoms. The molecule has 5 nitrogen and oxygen atoms in total. The lowest BCUT2D eigenvalue weighted by Gasteiger charge is -2.13. The molecule has 0 bridgehead atoms. The highest BCUT2D eigenvalue weighted by Crippen LogP contribution is 2.11. The second-order valence-corrected chi connectivity index (χ2v) is 3.95. The van der Waals surface area contributed by atoms with Crippen LogP contribution in [0.3, 0.4) is 0 Å². The van der Waals surface area contributed by atoms with Gasteiger partial charge in [0.25, 0.3) is 0 Å². The first-order valence-corrected chi connectivity index (χ1v) is 4.99. The number of aliphatic hydroxyl groups excluding tert-OH is 1. The number of nitrogens with zero attached hydrogens (tertiary/aromatic N) is 4. The van der Waals surface area contributed by atoms with Crippen molar-refractivity contribution >= 4 is 5.65 Å². The molecule has 0 aliphatic carbocycles. The van der Waals surface area contributed by atoms with E-state index in [-0.39, 0.29) is 12.0 Å². The van der Waals surface area contributed by atoms with E-state index in [0.717, 1.165) is 11.3 Å². The Morgan fingerprint density at radius 2 is 2.27 bits per heavy atom. The van der Waals surface area contributed by atoms with Crippen LogP contribution in [0.1, 0.15) is 19.5 Å². The number of hydrogen-bond acceptors (Lipinski definition) is 4. The first kappa shape index (κ1) is 10.0. The van der Waals surface area contributed by atoms with Crippen LogP contribution < -0.4 is 0 Å². The fraction of sp³-hybridized carbons (Fsp3) is 0.500. The predicted octanol–water partition coefficient (Wildman–Crippen LogP) is 0.684. The molecule has 2 rings (SSSR count). The minimum Gasteiger partial charge on any atom is -0.392 e. The van der Waals surface area contributed by atoms with Crippen molar-refractivity contribution < 1.29 is 5.11 Å². The molecule has 0 spiro atoms. The first-order valence-electron chi connectivity index (χ1n) is 4.99. The van der Waals surface area contributed by atoms with E-state index >= 15 is 0 Å². The zero-order chi connectivity index (χ0) is 10.8.